The Balaban J connectivity index is 2.01. The summed E-state index contributed by atoms with van der Waals surface area (Å²) in [5, 5.41) is 0. The molecule has 1 aliphatic heterocycles. The van der Waals surface area contributed by atoms with E-state index in [4.69, 9.17) is 5.73 Å². The van der Waals surface area contributed by atoms with Crippen LogP contribution in [0, 0.1) is 5.92 Å². The Bertz CT molecular complexity index is 575. The van der Waals surface area contributed by atoms with Gasteiger partial charge in [-0.05, 0) is 47.9 Å². The van der Waals surface area contributed by atoms with Gasteiger partial charge in [0.15, 0.2) is 0 Å². The van der Waals surface area contributed by atoms with Crippen molar-refractivity contribution in [1.82, 2.24) is 15.8 Å². The highest BCUT2D eigenvalue weighted by Crippen LogP contribution is 2.39. The van der Waals surface area contributed by atoms with Crippen molar-refractivity contribution in [1.29, 1.82) is 0 Å². The van der Waals surface area contributed by atoms with E-state index in [0.29, 0.717) is 17.7 Å². The molecule has 0 radical (unpaired) electrons. The molecule has 1 fully saturated rings. The van der Waals surface area contributed by atoms with Crippen LogP contribution in [0.25, 0.3) is 5.57 Å². The average molecular weight is 272 g/mol. The lowest BCUT2D eigenvalue weighted by Crippen LogP contribution is -2.33. The maximum absolute atomic E-state index is 11.5. The number of amides is 1. The summed E-state index contributed by atoms with van der Waals surface area (Å²) >= 11 is 0. The molecule has 1 aromatic rings. The van der Waals surface area contributed by atoms with Gasteiger partial charge < -0.3 is 11.2 Å². The summed E-state index contributed by atoms with van der Waals surface area (Å²) in [6, 6.07) is 4.18. The molecule has 5 heteroatoms. The van der Waals surface area contributed by atoms with Crippen molar-refractivity contribution in [3.05, 3.63) is 35.3 Å². The lowest BCUT2D eigenvalue weighted by Gasteiger charge is -2.16. The first-order valence-corrected chi connectivity index (χ1v) is 7.09. The van der Waals surface area contributed by atoms with Gasteiger partial charge in [-0.1, -0.05) is 13.8 Å². The molecule has 0 aromatic carbocycles. The molecule has 0 saturated heterocycles. The van der Waals surface area contributed by atoms with Gasteiger partial charge in [0, 0.05) is 11.9 Å². The molecule has 2 heterocycles. The highest BCUT2D eigenvalue weighted by Gasteiger charge is 2.36. The van der Waals surface area contributed by atoms with Crippen molar-refractivity contribution in [2.24, 2.45) is 11.7 Å². The molecule has 5 nitrogen and oxygen atoms in total. The Morgan fingerprint density at radius 2 is 2.15 bits per heavy atom. The van der Waals surface area contributed by atoms with Crippen LogP contribution >= 0.6 is 0 Å². The monoisotopic (exact) mass is 272 g/mol. The Hall–Kier alpha value is -1.88. The van der Waals surface area contributed by atoms with Crippen LogP contribution in [-0.2, 0) is 0 Å². The molecule has 1 atom stereocenters. The van der Waals surface area contributed by atoms with E-state index in [0.717, 1.165) is 11.3 Å². The summed E-state index contributed by atoms with van der Waals surface area (Å²) in [7, 11) is 0. The van der Waals surface area contributed by atoms with Gasteiger partial charge >= 0.3 is 0 Å². The molecule has 2 aliphatic rings. The number of nitrogens with one attached hydrogen (secondary N) is 2. The molecule has 0 bridgehead atoms. The molecule has 1 aromatic heterocycles. The maximum Gasteiger partial charge on any atom is 0.267 e. The number of hydrogen-bond acceptors (Lipinski definition) is 4. The summed E-state index contributed by atoms with van der Waals surface area (Å²) in [5.41, 5.74) is 15.3. The predicted octanol–water partition coefficient (Wildman–Crippen LogP) is 1.53. The van der Waals surface area contributed by atoms with Gasteiger partial charge in [0.2, 0.25) is 0 Å². The molecule has 1 aliphatic carbocycles. The number of carbonyl (C=O) groups excluding carboxylic acids is 1. The fourth-order valence-corrected chi connectivity index (χ4v) is 2.58. The van der Waals surface area contributed by atoms with Gasteiger partial charge in [-0.15, -0.1) is 0 Å². The Morgan fingerprint density at radius 1 is 1.40 bits per heavy atom. The van der Waals surface area contributed by atoms with Crippen LogP contribution in [0.5, 0.6) is 0 Å². The van der Waals surface area contributed by atoms with E-state index in [1.807, 2.05) is 6.20 Å². The number of primary amides is 1. The number of rotatable bonds is 4. The third-order valence-electron chi connectivity index (χ3n) is 3.92. The third-order valence-corrected chi connectivity index (χ3v) is 3.92. The van der Waals surface area contributed by atoms with Crippen molar-refractivity contribution in [2.75, 3.05) is 0 Å². The number of hydrogen-bond donors (Lipinski definition) is 3. The van der Waals surface area contributed by atoms with Crippen molar-refractivity contribution in [2.45, 2.75) is 38.6 Å². The minimum absolute atomic E-state index is 0.260. The lowest BCUT2D eigenvalue weighted by atomic mass is 9.95. The first kappa shape index (κ1) is 13.1. The largest absolute Gasteiger partial charge is 0.364 e. The number of carbonyl (C=O) groups is 1. The summed E-state index contributed by atoms with van der Waals surface area (Å²) < 4.78 is 0. The average Bonchev–Trinajstić information content (AvgIpc) is 3.15. The summed E-state index contributed by atoms with van der Waals surface area (Å²) in [4.78, 5) is 15.8. The fraction of sp³-hybridized carbons (Fsp3) is 0.467. The molecule has 3 rings (SSSR count). The smallest absolute Gasteiger partial charge is 0.267 e. The van der Waals surface area contributed by atoms with Gasteiger partial charge in [-0.3, -0.25) is 4.79 Å². The molecule has 1 amide bonds. The summed E-state index contributed by atoms with van der Waals surface area (Å²) in [6.07, 6.45) is 4.48. The first-order valence-electron chi connectivity index (χ1n) is 7.09. The van der Waals surface area contributed by atoms with E-state index in [2.05, 4.69) is 35.7 Å². The number of nitrogens with two attached hydrogens (primary N) is 1. The van der Waals surface area contributed by atoms with E-state index in [9.17, 15) is 4.79 Å². The SMILES string of the molecule is CC(C)c1cc(C2=CNNC2C2CC2)cc(C(N)=O)n1. The molecule has 4 N–H and O–H groups in total. The van der Waals surface area contributed by atoms with Gasteiger partial charge in [0.25, 0.3) is 5.91 Å². The fourth-order valence-electron chi connectivity index (χ4n) is 2.58. The van der Waals surface area contributed by atoms with Gasteiger partial charge in [0.05, 0.1) is 6.04 Å². The second-order valence-corrected chi connectivity index (χ2v) is 5.89. The van der Waals surface area contributed by atoms with Crippen LogP contribution in [0.1, 0.15) is 54.4 Å². The highest BCUT2D eigenvalue weighted by atomic mass is 16.1. The zero-order chi connectivity index (χ0) is 14.3. The van der Waals surface area contributed by atoms with E-state index in [1.165, 1.54) is 18.4 Å². The van der Waals surface area contributed by atoms with Crippen molar-refractivity contribution < 1.29 is 4.79 Å². The number of aromatic nitrogens is 1. The molecular weight excluding hydrogens is 252 g/mol. The number of pyridine rings is 1. The van der Waals surface area contributed by atoms with Crippen LogP contribution in [-0.4, -0.2) is 16.9 Å². The number of hydrazine groups is 1. The highest BCUT2D eigenvalue weighted by molar-refractivity contribution is 5.92. The quantitative estimate of drug-likeness (QED) is 0.776. The number of nitrogens with zero attached hydrogens (tertiary/aromatic N) is 1. The summed E-state index contributed by atoms with van der Waals surface area (Å²) in [5.74, 6) is 0.468. The lowest BCUT2D eigenvalue weighted by molar-refractivity contribution is 0.0995. The molecule has 1 unspecified atom stereocenters. The van der Waals surface area contributed by atoms with E-state index < -0.39 is 5.91 Å². The Labute approximate surface area is 118 Å². The maximum atomic E-state index is 11.5. The molecular formula is C15H20N4O. The van der Waals surface area contributed by atoms with Gasteiger partial charge in [-0.25, -0.2) is 10.4 Å². The summed E-state index contributed by atoms with van der Waals surface area (Å²) in [6.45, 7) is 4.13. The first-order chi connectivity index (χ1) is 9.56. The van der Waals surface area contributed by atoms with Gasteiger partial charge in [-0.2, -0.15) is 0 Å². The molecule has 106 valence electrons. The zero-order valence-corrected chi connectivity index (χ0v) is 11.8. The van der Waals surface area contributed by atoms with Crippen LogP contribution in [0.2, 0.25) is 0 Å². The topological polar surface area (TPSA) is 80.0 Å². The molecule has 1 saturated carbocycles. The van der Waals surface area contributed by atoms with E-state index in [-0.39, 0.29) is 5.92 Å². The van der Waals surface area contributed by atoms with Crippen LogP contribution in [0.15, 0.2) is 18.3 Å². The van der Waals surface area contributed by atoms with E-state index >= 15 is 0 Å². The Morgan fingerprint density at radius 3 is 2.75 bits per heavy atom. The minimum Gasteiger partial charge on any atom is -0.364 e. The minimum atomic E-state index is -0.476. The second-order valence-electron chi connectivity index (χ2n) is 5.89. The second kappa shape index (κ2) is 4.90. The molecule has 20 heavy (non-hydrogen) atoms. The van der Waals surface area contributed by atoms with Crippen molar-refractivity contribution in [3.8, 4) is 0 Å². The third kappa shape index (κ3) is 2.41. The molecule has 0 spiro atoms. The predicted molar refractivity (Wildman–Crippen MR) is 77.6 cm³/mol. The van der Waals surface area contributed by atoms with Crippen LogP contribution < -0.4 is 16.6 Å². The van der Waals surface area contributed by atoms with Crippen LogP contribution in [0.4, 0.5) is 0 Å². The standard InChI is InChI=1S/C15H20N4O/c1-8(2)12-5-10(6-13(18-12)15(16)20)11-7-17-19-14(11)9-3-4-9/h5-9,14,17,19H,3-4H2,1-2H3,(H2,16,20). The zero-order valence-electron chi connectivity index (χ0n) is 11.8. The van der Waals surface area contributed by atoms with E-state index in [1.54, 1.807) is 6.07 Å². The van der Waals surface area contributed by atoms with Crippen molar-refractivity contribution in [3.63, 3.8) is 0 Å². The van der Waals surface area contributed by atoms with Gasteiger partial charge in [0.1, 0.15) is 5.69 Å². The Kier molecular flexibility index (Phi) is 3.22. The van der Waals surface area contributed by atoms with Crippen LogP contribution in [0.3, 0.4) is 0 Å². The van der Waals surface area contributed by atoms with Crippen molar-refractivity contribution >= 4 is 11.5 Å². The normalized spacial score (nSPS) is 21.8.